The second-order valence-electron chi connectivity index (χ2n) is 6.64. The van der Waals surface area contributed by atoms with E-state index >= 15 is 0 Å². The van der Waals surface area contributed by atoms with E-state index in [1.54, 1.807) is 36.4 Å². The molecule has 0 fully saturated rings. The highest BCUT2D eigenvalue weighted by molar-refractivity contribution is 5.70. The summed E-state index contributed by atoms with van der Waals surface area (Å²) in [6.07, 6.45) is -1.92. The lowest BCUT2D eigenvalue weighted by atomic mass is 10.0. The molecule has 0 aliphatic rings. The SMILES string of the molecule is COc1cc([C@@H](OC(C)=O)[C@@H](COC(C)=O)Oc2ccccc2OC)ccc1OC(C)=O. The van der Waals surface area contributed by atoms with Crippen LogP contribution >= 0.6 is 0 Å². The lowest BCUT2D eigenvalue weighted by Crippen LogP contribution is -2.34. The molecule has 0 heterocycles. The molecule has 0 amide bonds. The van der Waals surface area contributed by atoms with Crippen LogP contribution in [0.4, 0.5) is 0 Å². The highest BCUT2D eigenvalue weighted by Crippen LogP contribution is 2.35. The molecule has 2 rings (SSSR count). The van der Waals surface area contributed by atoms with Crippen LogP contribution in [0, 0.1) is 0 Å². The van der Waals surface area contributed by atoms with Crippen LogP contribution in [0.25, 0.3) is 0 Å². The predicted molar refractivity (Wildman–Crippen MR) is 113 cm³/mol. The fourth-order valence-electron chi connectivity index (χ4n) is 2.90. The Morgan fingerprint density at radius 1 is 0.781 bits per heavy atom. The molecule has 0 saturated heterocycles. The first-order valence-corrected chi connectivity index (χ1v) is 9.71. The number of ether oxygens (including phenoxy) is 6. The second kappa shape index (κ2) is 11.6. The van der Waals surface area contributed by atoms with Crippen LogP contribution in [0.5, 0.6) is 23.0 Å². The molecule has 0 radical (unpaired) electrons. The number of hydrogen-bond acceptors (Lipinski definition) is 9. The monoisotopic (exact) mass is 446 g/mol. The summed E-state index contributed by atoms with van der Waals surface area (Å²) in [7, 11) is 2.90. The Bertz CT molecular complexity index is 954. The number of carbonyl (C=O) groups is 3. The van der Waals surface area contributed by atoms with E-state index in [2.05, 4.69) is 0 Å². The van der Waals surface area contributed by atoms with Crippen LogP contribution in [0.15, 0.2) is 42.5 Å². The normalized spacial score (nSPS) is 12.2. The number of carbonyl (C=O) groups excluding carboxylic acids is 3. The van der Waals surface area contributed by atoms with Gasteiger partial charge >= 0.3 is 17.9 Å². The Labute approximate surface area is 186 Å². The predicted octanol–water partition coefficient (Wildman–Crippen LogP) is 3.24. The van der Waals surface area contributed by atoms with Gasteiger partial charge in [-0.25, -0.2) is 0 Å². The van der Waals surface area contributed by atoms with Gasteiger partial charge in [-0.05, 0) is 24.3 Å². The average molecular weight is 446 g/mol. The zero-order chi connectivity index (χ0) is 23.7. The van der Waals surface area contributed by atoms with E-state index in [-0.39, 0.29) is 18.1 Å². The number of hydrogen-bond donors (Lipinski definition) is 0. The third-order valence-corrected chi connectivity index (χ3v) is 4.20. The molecular weight excluding hydrogens is 420 g/mol. The smallest absolute Gasteiger partial charge is 0.308 e. The lowest BCUT2D eigenvalue weighted by molar-refractivity contribution is -0.157. The molecule has 0 bridgehead atoms. The molecule has 0 aliphatic carbocycles. The molecule has 0 unspecified atom stereocenters. The molecule has 32 heavy (non-hydrogen) atoms. The van der Waals surface area contributed by atoms with Crippen molar-refractivity contribution in [3.63, 3.8) is 0 Å². The minimum atomic E-state index is -0.989. The first-order valence-electron chi connectivity index (χ1n) is 9.71. The highest BCUT2D eigenvalue weighted by atomic mass is 16.6. The van der Waals surface area contributed by atoms with Gasteiger partial charge in [-0.1, -0.05) is 18.2 Å². The van der Waals surface area contributed by atoms with Crippen molar-refractivity contribution in [3.8, 4) is 23.0 Å². The van der Waals surface area contributed by atoms with Gasteiger partial charge in [-0.3, -0.25) is 14.4 Å². The largest absolute Gasteiger partial charge is 0.493 e. The van der Waals surface area contributed by atoms with E-state index in [4.69, 9.17) is 28.4 Å². The Kier molecular flexibility index (Phi) is 8.88. The summed E-state index contributed by atoms with van der Waals surface area (Å²) in [5.41, 5.74) is 0.472. The molecule has 0 aromatic heterocycles. The molecule has 172 valence electrons. The van der Waals surface area contributed by atoms with Gasteiger partial charge in [0.25, 0.3) is 0 Å². The van der Waals surface area contributed by atoms with E-state index < -0.39 is 30.1 Å². The van der Waals surface area contributed by atoms with E-state index in [0.717, 1.165) is 0 Å². The van der Waals surface area contributed by atoms with E-state index in [9.17, 15) is 14.4 Å². The Morgan fingerprint density at radius 2 is 1.44 bits per heavy atom. The van der Waals surface area contributed by atoms with Gasteiger partial charge in [0.15, 0.2) is 35.2 Å². The Hall–Kier alpha value is -3.75. The first-order chi connectivity index (χ1) is 15.2. The number of methoxy groups -OCH3 is 2. The molecular formula is C23H26O9. The highest BCUT2D eigenvalue weighted by Gasteiger charge is 2.31. The molecule has 9 heteroatoms. The van der Waals surface area contributed by atoms with E-state index in [1.807, 2.05) is 0 Å². The van der Waals surface area contributed by atoms with Crippen molar-refractivity contribution in [2.24, 2.45) is 0 Å². The van der Waals surface area contributed by atoms with Crippen molar-refractivity contribution in [1.82, 2.24) is 0 Å². The summed E-state index contributed by atoms with van der Waals surface area (Å²) in [6.45, 7) is 3.58. The molecule has 2 aromatic rings. The van der Waals surface area contributed by atoms with Crippen LogP contribution < -0.4 is 18.9 Å². The molecule has 0 N–H and O–H groups in total. The number of benzene rings is 2. The van der Waals surface area contributed by atoms with Crippen LogP contribution in [-0.4, -0.2) is 44.8 Å². The van der Waals surface area contributed by atoms with Gasteiger partial charge in [0.1, 0.15) is 6.61 Å². The van der Waals surface area contributed by atoms with Crippen LogP contribution in [0.1, 0.15) is 32.4 Å². The topological polar surface area (TPSA) is 107 Å². The van der Waals surface area contributed by atoms with Crippen molar-refractivity contribution in [3.05, 3.63) is 48.0 Å². The zero-order valence-corrected chi connectivity index (χ0v) is 18.6. The van der Waals surface area contributed by atoms with Gasteiger partial charge in [0, 0.05) is 26.3 Å². The maximum Gasteiger partial charge on any atom is 0.308 e. The van der Waals surface area contributed by atoms with Crippen LogP contribution in [0.3, 0.4) is 0 Å². The lowest BCUT2D eigenvalue weighted by Gasteiger charge is -2.28. The Balaban J connectivity index is 2.49. The van der Waals surface area contributed by atoms with Crippen molar-refractivity contribution in [1.29, 1.82) is 0 Å². The molecule has 0 spiro atoms. The maximum atomic E-state index is 11.9. The van der Waals surface area contributed by atoms with Gasteiger partial charge in [0.2, 0.25) is 0 Å². The minimum Gasteiger partial charge on any atom is -0.493 e. The van der Waals surface area contributed by atoms with Gasteiger partial charge in [-0.2, -0.15) is 0 Å². The molecule has 0 saturated carbocycles. The van der Waals surface area contributed by atoms with Crippen LogP contribution in [0.2, 0.25) is 0 Å². The van der Waals surface area contributed by atoms with Crippen molar-refractivity contribution in [2.45, 2.75) is 33.0 Å². The zero-order valence-electron chi connectivity index (χ0n) is 18.6. The first kappa shape index (κ1) is 24.5. The summed E-state index contributed by atoms with van der Waals surface area (Å²) in [5, 5.41) is 0. The minimum absolute atomic E-state index is 0.201. The molecule has 0 aliphatic heterocycles. The summed E-state index contributed by atoms with van der Waals surface area (Å²) >= 11 is 0. The van der Waals surface area contributed by atoms with E-state index in [0.29, 0.717) is 17.1 Å². The van der Waals surface area contributed by atoms with Crippen molar-refractivity contribution >= 4 is 17.9 Å². The number of esters is 3. The second-order valence-corrected chi connectivity index (χ2v) is 6.64. The summed E-state index contributed by atoms with van der Waals surface area (Å²) in [4.78, 5) is 34.7. The third kappa shape index (κ3) is 6.90. The fraction of sp³-hybridized carbons (Fsp3) is 0.348. The number of rotatable bonds is 10. The van der Waals surface area contributed by atoms with Crippen molar-refractivity contribution < 1.29 is 42.8 Å². The average Bonchev–Trinajstić information content (AvgIpc) is 2.75. The summed E-state index contributed by atoms with van der Waals surface area (Å²) < 4.78 is 32.5. The maximum absolute atomic E-state index is 11.9. The third-order valence-electron chi connectivity index (χ3n) is 4.20. The summed E-state index contributed by atoms with van der Waals surface area (Å²) in [6, 6.07) is 11.6. The standard InChI is InChI=1S/C23H26O9/c1-14(24)29-13-22(32-19-9-7-6-8-18(19)27-4)23(31-16(3)26)17-10-11-20(30-15(2)25)21(12-17)28-5/h6-12,22-23H,13H2,1-5H3/t22-,23-/m1/s1. The van der Waals surface area contributed by atoms with Gasteiger partial charge in [0.05, 0.1) is 14.2 Å². The molecule has 2 aromatic carbocycles. The van der Waals surface area contributed by atoms with Gasteiger partial charge < -0.3 is 28.4 Å². The van der Waals surface area contributed by atoms with Crippen LogP contribution in [-0.2, 0) is 23.9 Å². The molecule has 2 atom stereocenters. The van der Waals surface area contributed by atoms with Crippen molar-refractivity contribution in [2.75, 3.05) is 20.8 Å². The fourth-order valence-corrected chi connectivity index (χ4v) is 2.90. The summed E-state index contributed by atoms with van der Waals surface area (Å²) in [5.74, 6) is -0.347. The molecule has 9 nitrogen and oxygen atoms in total. The van der Waals surface area contributed by atoms with E-state index in [1.165, 1.54) is 41.1 Å². The quantitative estimate of drug-likeness (QED) is 0.401. The number of para-hydroxylation sites is 2. The Morgan fingerprint density at radius 3 is 2.00 bits per heavy atom. The van der Waals surface area contributed by atoms with Gasteiger partial charge in [-0.15, -0.1) is 0 Å².